The summed E-state index contributed by atoms with van der Waals surface area (Å²) in [6.45, 7) is 3.27. The minimum Gasteiger partial charge on any atom is -0.361 e. The van der Waals surface area contributed by atoms with Crippen LogP contribution in [0.3, 0.4) is 0 Å². The number of aryl methyl sites for hydroxylation is 1. The number of hydrogen-bond acceptors (Lipinski definition) is 5. The predicted molar refractivity (Wildman–Crippen MR) is 110 cm³/mol. The van der Waals surface area contributed by atoms with Crippen LogP contribution in [0.4, 0.5) is 4.39 Å². The zero-order valence-electron chi connectivity index (χ0n) is 17.5. The molecule has 0 unspecified atom stereocenters. The number of nitrogens with zero attached hydrogens (tertiary/aromatic N) is 2. The van der Waals surface area contributed by atoms with Gasteiger partial charge in [-0.1, -0.05) is 23.7 Å². The van der Waals surface area contributed by atoms with Crippen molar-refractivity contribution in [2.45, 2.75) is 51.7 Å². The van der Waals surface area contributed by atoms with E-state index in [0.717, 1.165) is 18.4 Å². The molecule has 162 valence electrons. The van der Waals surface area contributed by atoms with Crippen molar-refractivity contribution in [1.82, 2.24) is 20.7 Å². The molecule has 1 saturated heterocycles. The first-order valence-corrected chi connectivity index (χ1v) is 10.3. The number of halogens is 1. The maximum absolute atomic E-state index is 13.1. The quantitative estimate of drug-likeness (QED) is 0.756. The number of rotatable bonds is 6. The Kier molecular flexibility index (Phi) is 7.57. The predicted octanol–water partition coefficient (Wildman–Crippen LogP) is 2.55. The highest BCUT2D eigenvalue weighted by Crippen LogP contribution is 2.19. The summed E-state index contributed by atoms with van der Waals surface area (Å²) in [4.78, 5) is 26.9. The van der Waals surface area contributed by atoms with Crippen molar-refractivity contribution in [3.8, 4) is 0 Å². The third-order valence-electron chi connectivity index (χ3n) is 5.45. The van der Waals surface area contributed by atoms with Gasteiger partial charge >= 0.3 is 0 Å². The molecule has 2 atom stereocenters. The molecular weight excluding hydrogens is 387 g/mol. The van der Waals surface area contributed by atoms with Gasteiger partial charge in [0.15, 0.2) is 0 Å². The summed E-state index contributed by atoms with van der Waals surface area (Å²) in [5.74, 6) is -0.0889. The lowest BCUT2D eigenvalue weighted by Gasteiger charge is -2.24. The van der Waals surface area contributed by atoms with E-state index in [9.17, 15) is 14.0 Å². The molecule has 3 rings (SSSR count). The Morgan fingerprint density at radius 3 is 2.73 bits per heavy atom. The summed E-state index contributed by atoms with van der Waals surface area (Å²) in [7, 11) is 1.77. The van der Waals surface area contributed by atoms with E-state index in [1.165, 1.54) is 12.1 Å². The van der Waals surface area contributed by atoms with Crippen molar-refractivity contribution in [2.75, 3.05) is 13.6 Å². The Balaban J connectivity index is 1.53. The van der Waals surface area contributed by atoms with E-state index < -0.39 is 0 Å². The second kappa shape index (κ2) is 10.3. The summed E-state index contributed by atoms with van der Waals surface area (Å²) >= 11 is 0. The molecule has 1 fully saturated rings. The minimum atomic E-state index is -0.358. The first-order valence-electron chi connectivity index (χ1n) is 10.3. The first-order chi connectivity index (χ1) is 14.4. The maximum Gasteiger partial charge on any atom is 0.223 e. The van der Waals surface area contributed by atoms with Gasteiger partial charge in [-0.2, -0.15) is 0 Å². The second-order valence-electron chi connectivity index (χ2n) is 7.96. The van der Waals surface area contributed by atoms with Crippen LogP contribution in [0.2, 0.25) is 0 Å². The summed E-state index contributed by atoms with van der Waals surface area (Å²) in [5, 5.41) is 10.2. The molecule has 0 radical (unpaired) electrons. The van der Waals surface area contributed by atoms with Crippen LogP contribution in [0.5, 0.6) is 0 Å². The highest BCUT2D eigenvalue weighted by atomic mass is 19.1. The van der Waals surface area contributed by atoms with Gasteiger partial charge in [0.05, 0.1) is 6.54 Å². The largest absolute Gasteiger partial charge is 0.361 e. The monoisotopic (exact) mass is 416 g/mol. The lowest BCUT2D eigenvalue weighted by Crippen LogP contribution is -2.41. The number of carbonyl (C=O) groups excluding carboxylic acids is 2. The average Bonchev–Trinajstić information content (AvgIpc) is 3.16. The number of aromatic nitrogens is 1. The summed E-state index contributed by atoms with van der Waals surface area (Å²) < 4.78 is 18.1. The van der Waals surface area contributed by atoms with E-state index in [1.54, 1.807) is 37.1 Å². The third-order valence-corrected chi connectivity index (χ3v) is 5.45. The SMILES string of the molecule is Cc1cc(CNC(=O)[C@@H]2CCC[C@@H](NCc3ccc(F)cc3)CN(C)C(=O)C2)no1. The molecule has 7 nitrogen and oxygen atoms in total. The molecule has 1 aliphatic heterocycles. The van der Waals surface area contributed by atoms with Crippen molar-refractivity contribution in [2.24, 2.45) is 5.92 Å². The van der Waals surface area contributed by atoms with E-state index >= 15 is 0 Å². The van der Waals surface area contributed by atoms with Crippen molar-refractivity contribution in [3.63, 3.8) is 0 Å². The summed E-state index contributed by atoms with van der Waals surface area (Å²) in [6.07, 6.45) is 2.54. The van der Waals surface area contributed by atoms with E-state index in [-0.39, 0.29) is 36.0 Å². The topological polar surface area (TPSA) is 87.5 Å². The third kappa shape index (κ3) is 6.38. The number of benzene rings is 1. The van der Waals surface area contributed by atoms with Crippen molar-refractivity contribution < 1.29 is 18.5 Å². The van der Waals surface area contributed by atoms with Crippen LogP contribution in [0, 0.1) is 18.7 Å². The number of nitrogens with one attached hydrogen (secondary N) is 2. The normalized spacial score (nSPS) is 20.4. The highest BCUT2D eigenvalue weighted by Gasteiger charge is 2.27. The lowest BCUT2D eigenvalue weighted by molar-refractivity contribution is -0.135. The first kappa shape index (κ1) is 22.0. The fourth-order valence-electron chi connectivity index (χ4n) is 3.68. The summed E-state index contributed by atoms with van der Waals surface area (Å²) in [6, 6.07) is 8.29. The number of amides is 2. The van der Waals surface area contributed by atoms with Gasteiger partial charge in [-0.15, -0.1) is 0 Å². The molecule has 8 heteroatoms. The van der Waals surface area contributed by atoms with Gasteiger partial charge in [0, 0.05) is 44.6 Å². The molecule has 0 aliphatic carbocycles. The van der Waals surface area contributed by atoms with Crippen molar-refractivity contribution >= 4 is 11.8 Å². The fourth-order valence-corrected chi connectivity index (χ4v) is 3.68. The van der Waals surface area contributed by atoms with Gasteiger partial charge < -0.3 is 20.1 Å². The minimum absolute atomic E-state index is 0.0390. The molecule has 0 spiro atoms. The van der Waals surface area contributed by atoms with Gasteiger partial charge in [0.2, 0.25) is 11.8 Å². The van der Waals surface area contributed by atoms with Gasteiger partial charge in [-0.05, 0) is 37.5 Å². The zero-order chi connectivity index (χ0) is 21.5. The van der Waals surface area contributed by atoms with Gasteiger partial charge in [-0.3, -0.25) is 9.59 Å². The van der Waals surface area contributed by atoms with Gasteiger partial charge in [-0.25, -0.2) is 4.39 Å². The molecule has 2 N–H and O–H groups in total. The van der Waals surface area contributed by atoms with Gasteiger partial charge in [0.1, 0.15) is 17.3 Å². The highest BCUT2D eigenvalue weighted by molar-refractivity contribution is 5.85. The van der Waals surface area contributed by atoms with Crippen molar-refractivity contribution in [1.29, 1.82) is 0 Å². The fraction of sp³-hybridized carbons (Fsp3) is 0.500. The molecule has 2 amide bonds. The Morgan fingerprint density at radius 1 is 1.27 bits per heavy atom. The Morgan fingerprint density at radius 2 is 2.03 bits per heavy atom. The molecule has 1 aromatic carbocycles. The Hall–Kier alpha value is -2.74. The summed E-state index contributed by atoms with van der Waals surface area (Å²) in [5.41, 5.74) is 1.66. The lowest BCUT2D eigenvalue weighted by atomic mass is 9.96. The standard InChI is InChI=1S/C22H29FN4O3/c1-15-10-20(26-30-15)13-25-22(29)17-4-3-5-19(14-27(2)21(28)11-17)24-12-16-6-8-18(23)9-7-16/h6-10,17,19,24H,3-5,11-14H2,1-2H3,(H,25,29)/t17-,19-/m1/s1. The molecule has 0 bridgehead atoms. The van der Waals surface area contributed by atoms with E-state index in [0.29, 0.717) is 37.5 Å². The van der Waals surface area contributed by atoms with Crippen LogP contribution < -0.4 is 10.6 Å². The van der Waals surface area contributed by atoms with Crippen molar-refractivity contribution in [3.05, 3.63) is 53.2 Å². The van der Waals surface area contributed by atoms with E-state index in [2.05, 4.69) is 15.8 Å². The molecular formula is C22H29FN4O3. The maximum atomic E-state index is 13.1. The smallest absolute Gasteiger partial charge is 0.223 e. The number of carbonyl (C=O) groups is 2. The molecule has 2 heterocycles. The second-order valence-corrected chi connectivity index (χ2v) is 7.96. The zero-order valence-corrected chi connectivity index (χ0v) is 17.5. The van der Waals surface area contributed by atoms with Gasteiger partial charge in [0.25, 0.3) is 0 Å². The Bertz CT molecular complexity index is 852. The van der Waals surface area contributed by atoms with Crippen LogP contribution in [0.1, 0.15) is 42.7 Å². The van der Waals surface area contributed by atoms with Crippen LogP contribution >= 0.6 is 0 Å². The van der Waals surface area contributed by atoms with Crippen LogP contribution in [-0.4, -0.2) is 41.5 Å². The Labute approximate surface area is 176 Å². The molecule has 1 aromatic heterocycles. The van der Waals surface area contributed by atoms with E-state index in [1.807, 2.05) is 0 Å². The van der Waals surface area contributed by atoms with Crippen LogP contribution in [-0.2, 0) is 22.7 Å². The molecule has 1 aliphatic rings. The number of likely N-dealkylation sites (N-methyl/N-ethyl adjacent to an activating group) is 1. The van der Waals surface area contributed by atoms with E-state index in [4.69, 9.17) is 4.52 Å². The van der Waals surface area contributed by atoms with Crippen LogP contribution in [0.15, 0.2) is 34.9 Å². The molecule has 0 saturated carbocycles. The average molecular weight is 416 g/mol. The van der Waals surface area contributed by atoms with Crippen LogP contribution in [0.25, 0.3) is 0 Å². The number of hydrogen-bond donors (Lipinski definition) is 2. The molecule has 2 aromatic rings. The molecule has 30 heavy (non-hydrogen) atoms.